The van der Waals surface area contributed by atoms with Crippen LogP contribution in [0.25, 0.3) is 0 Å². The van der Waals surface area contributed by atoms with E-state index in [1.807, 2.05) is 19.9 Å². The number of nitrogens with zero attached hydrogens (tertiary/aromatic N) is 4. The Bertz CT molecular complexity index is 358. The Morgan fingerprint density at radius 3 is 2.94 bits per heavy atom. The van der Waals surface area contributed by atoms with E-state index >= 15 is 0 Å². The zero-order valence-corrected chi connectivity index (χ0v) is 9.77. The maximum absolute atomic E-state index is 8.57. The minimum Gasteiger partial charge on any atom is -0.356 e. The minimum atomic E-state index is 0.508. The first kappa shape index (κ1) is 12.2. The van der Waals surface area contributed by atoms with Gasteiger partial charge in [0.1, 0.15) is 5.82 Å². The predicted molar refractivity (Wildman–Crippen MR) is 64.3 cm³/mol. The Morgan fingerprint density at radius 2 is 2.31 bits per heavy atom. The molecule has 1 N–H and O–H groups in total. The number of rotatable bonds is 6. The van der Waals surface area contributed by atoms with E-state index in [1.165, 1.54) is 0 Å². The molecule has 0 radical (unpaired) electrons. The molecule has 0 saturated heterocycles. The van der Waals surface area contributed by atoms with E-state index in [4.69, 9.17) is 5.26 Å². The number of aromatic nitrogens is 2. The van der Waals surface area contributed by atoms with Gasteiger partial charge in [-0.05, 0) is 19.9 Å². The summed E-state index contributed by atoms with van der Waals surface area (Å²) in [5, 5.41) is 11.6. The molecule has 1 rings (SSSR count). The quantitative estimate of drug-likeness (QED) is 0.788. The van der Waals surface area contributed by atoms with Crippen molar-refractivity contribution < 1.29 is 0 Å². The molecule has 86 valence electrons. The van der Waals surface area contributed by atoms with Crippen LogP contribution in [0.3, 0.4) is 0 Å². The third kappa shape index (κ3) is 3.39. The summed E-state index contributed by atoms with van der Waals surface area (Å²) in [4.78, 5) is 10.6. The monoisotopic (exact) mass is 219 g/mol. The topological polar surface area (TPSA) is 64.8 Å². The van der Waals surface area contributed by atoms with Gasteiger partial charge in [-0.25, -0.2) is 4.98 Å². The fourth-order valence-electron chi connectivity index (χ4n) is 1.39. The molecule has 0 bridgehead atoms. The highest BCUT2D eigenvalue weighted by Gasteiger charge is 2.06. The van der Waals surface area contributed by atoms with Gasteiger partial charge in [0, 0.05) is 25.8 Å². The van der Waals surface area contributed by atoms with Gasteiger partial charge >= 0.3 is 0 Å². The van der Waals surface area contributed by atoms with E-state index in [0.717, 1.165) is 18.9 Å². The van der Waals surface area contributed by atoms with Crippen LogP contribution >= 0.6 is 0 Å². The normalized spacial score (nSPS) is 9.56. The van der Waals surface area contributed by atoms with E-state index in [0.29, 0.717) is 18.9 Å². The highest BCUT2D eigenvalue weighted by atomic mass is 15.2. The van der Waals surface area contributed by atoms with Gasteiger partial charge in [0.15, 0.2) is 0 Å². The third-order valence-corrected chi connectivity index (χ3v) is 2.18. The van der Waals surface area contributed by atoms with E-state index in [2.05, 4.69) is 26.3 Å². The molecule has 1 aromatic rings. The number of nitriles is 1. The largest absolute Gasteiger partial charge is 0.356 e. The second-order valence-corrected chi connectivity index (χ2v) is 3.26. The van der Waals surface area contributed by atoms with Crippen molar-refractivity contribution in [2.75, 3.05) is 29.9 Å². The van der Waals surface area contributed by atoms with Crippen molar-refractivity contribution in [2.24, 2.45) is 0 Å². The summed E-state index contributed by atoms with van der Waals surface area (Å²) >= 11 is 0. The van der Waals surface area contributed by atoms with Crippen molar-refractivity contribution in [3.05, 3.63) is 12.3 Å². The van der Waals surface area contributed by atoms with Gasteiger partial charge in [0.05, 0.1) is 12.5 Å². The lowest BCUT2D eigenvalue weighted by Crippen LogP contribution is -2.25. The first-order valence-electron chi connectivity index (χ1n) is 5.50. The van der Waals surface area contributed by atoms with Crippen LogP contribution in [0.15, 0.2) is 12.3 Å². The second kappa shape index (κ2) is 6.62. The summed E-state index contributed by atoms with van der Waals surface area (Å²) in [6.07, 6.45) is 2.24. The van der Waals surface area contributed by atoms with Gasteiger partial charge < -0.3 is 10.2 Å². The van der Waals surface area contributed by atoms with Gasteiger partial charge in [0.25, 0.3) is 0 Å². The van der Waals surface area contributed by atoms with Crippen molar-refractivity contribution in [1.29, 1.82) is 5.26 Å². The Hall–Kier alpha value is -1.83. The molecule has 0 unspecified atom stereocenters. The Kier molecular flexibility index (Phi) is 5.06. The molecule has 1 heterocycles. The molecule has 0 aliphatic heterocycles. The molecule has 16 heavy (non-hydrogen) atoms. The fourth-order valence-corrected chi connectivity index (χ4v) is 1.39. The van der Waals surface area contributed by atoms with Crippen LogP contribution in [0.1, 0.15) is 20.3 Å². The van der Waals surface area contributed by atoms with Crippen LogP contribution in [-0.2, 0) is 0 Å². The van der Waals surface area contributed by atoms with Crippen molar-refractivity contribution in [2.45, 2.75) is 20.3 Å². The van der Waals surface area contributed by atoms with E-state index in [-0.39, 0.29) is 0 Å². The fraction of sp³-hybridized carbons (Fsp3) is 0.545. The lowest BCUT2D eigenvalue weighted by Gasteiger charge is -2.20. The van der Waals surface area contributed by atoms with Gasteiger partial charge in [-0.1, -0.05) is 0 Å². The molecule has 0 spiro atoms. The maximum Gasteiger partial charge on any atom is 0.224 e. The SMILES string of the molecule is CCNc1nccc(N(CC)CCC#N)n1. The number of nitrogens with one attached hydrogen (secondary N) is 1. The van der Waals surface area contributed by atoms with Gasteiger partial charge in [0.2, 0.25) is 5.95 Å². The van der Waals surface area contributed by atoms with Crippen LogP contribution < -0.4 is 10.2 Å². The van der Waals surface area contributed by atoms with Gasteiger partial charge in [-0.15, -0.1) is 0 Å². The zero-order valence-electron chi connectivity index (χ0n) is 9.77. The summed E-state index contributed by atoms with van der Waals surface area (Å²) < 4.78 is 0. The number of hydrogen-bond donors (Lipinski definition) is 1. The minimum absolute atomic E-state index is 0.508. The third-order valence-electron chi connectivity index (χ3n) is 2.18. The average Bonchev–Trinajstić information content (AvgIpc) is 2.31. The van der Waals surface area contributed by atoms with Crippen LogP contribution in [-0.4, -0.2) is 29.6 Å². The van der Waals surface area contributed by atoms with Gasteiger partial charge in [-0.2, -0.15) is 10.2 Å². The molecule has 0 saturated carbocycles. The molecular weight excluding hydrogens is 202 g/mol. The molecule has 0 aromatic carbocycles. The smallest absolute Gasteiger partial charge is 0.224 e. The standard InChI is InChI=1S/C11H17N5/c1-3-13-11-14-8-6-10(15-11)16(4-2)9-5-7-12/h6,8H,3-5,9H2,1-2H3,(H,13,14,15). The molecule has 0 aliphatic rings. The van der Waals surface area contributed by atoms with Crippen LogP contribution in [0, 0.1) is 11.3 Å². The molecule has 5 nitrogen and oxygen atoms in total. The maximum atomic E-state index is 8.57. The molecule has 0 atom stereocenters. The van der Waals surface area contributed by atoms with E-state index in [1.54, 1.807) is 6.20 Å². The van der Waals surface area contributed by atoms with Crippen molar-refractivity contribution in [3.8, 4) is 6.07 Å². The lowest BCUT2D eigenvalue weighted by atomic mass is 10.4. The summed E-state index contributed by atoms with van der Waals surface area (Å²) in [5.74, 6) is 1.50. The molecular formula is C11H17N5. The molecule has 5 heteroatoms. The second-order valence-electron chi connectivity index (χ2n) is 3.26. The van der Waals surface area contributed by atoms with Crippen LogP contribution in [0.4, 0.5) is 11.8 Å². The van der Waals surface area contributed by atoms with Crippen molar-refractivity contribution >= 4 is 11.8 Å². The number of hydrogen-bond acceptors (Lipinski definition) is 5. The summed E-state index contributed by atoms with van der Waals surface area (Å²) in [7, 11) is 0. The molecule has 0 amide bonds. The summed E-state index contributed by atoms with van der Waals surface area (Å²) in [6, 6.07) is 4.00. The van der Waals surface area contributed by atoms with E-state index in [9.17, 15) is 0 Å². The van der Waals surface area contributed by atoms with Crippen LogP contribution in [0.2, 0.25) is 0 Å². The highest BCUT2D eigenvalue weighted by molar-refractivity contribution is 5.42. The zero-order chi connectivity index (χ0) is 11.8. The number of anilines is 2. The average molecular weight is 219 g/mol. The molecule has 0 aliphatic carbocycles. The van der Waals surface area contributed by atoms with Gasteiger partial charge in [-0.3, -0.25) is 0 Å². The Balaban J connectivity index is 2.75. The Morgan fingerprint density at radius 1 is 1.50 bits per heavy atom. The van der Waals surface area contributed by atoms with Crippen molar-refractivity contribution in [1.82, 2.24) is 9.97 Å². The lowest BCUT2D eigenvalue weighted by molar-refractivity contribution is 0.808. The first-order chi connectivity index (χ1) is 7.81. The molecule has 1 aromatic heterocycles. The van der Waals surface area contributed by atoms with E-state index < -0.39 is 0 Å². The van der Waals surface area contributed by atoms with Crippen molar-refractivity contribution in [3.63, 3.8) is 0 Å². The highest BCUT2D eigenvalue weighted by Crippen LogP contribution is 2.11. The summed E-state index contributed by atoms with van der Waals surface area (Å²) in [5.41, 5.74) is 0. The summed E-state index contributed by atoms with van der Waals surface area (Å²) in [6.45, 7) is 6.39. The predicted octanol–water partition coefficient (Wildman–Crippen LogP) is 1.65. The first-order valence-corrected chi connectivity index (χ1v) is 5.50. The van der Waals surface area contributed by atoms with Crippen LogP contribution in [0.5, 0.6) is 0 Å². The Labute approximate surface area is 96.1 Å². The molecule has 0 fully saturated rings.